The van der Waals surface area contributed by atoms with Crippen LogP contribution in [0, 0.1) is 0 Å². The maximum absolute atomic E-state index is 12.2. The fourth-order valence-electron chi connectivity index (χ4n) is 2.68. The Balaban J connectivity index is 1.72. The molecule has 0 radical (unpaired) electrons. The average molecular weight is 398 g/mol. The number of carbonyl (C=O) groups excluding carboxylic acids is 1. The first-order chi connectivity index (χ1) is 12.2. The minimum Gasteiger partial charge on any atom is -0.355 e. The molecule has 1 atom stereocenters. The summed E-state index contributed by atoms with van der Waals surface area (Å²) in [5, 5.41) is 6.34. The first-order valence-electron chi connectivity index (χ1n) is 8.01. The summed E-state index contributed by atoms with van der Waals surface area (Å²) >= 11 is 0. The summed E-state index contributed by atoms with van der Waals surface area (Å²) < 4.78 is 51.7. The van der Waals surface area contributed by atoms with Crippen LogP contribution in [0.5, 0.6) is 0 Å². The van der Waals surface area contributed by atoms with E-state index in [4.69, 9.17) is 4.52 Å². The van der Waals surface area contributed by atoms with Crippen molar-refractivity contribution in [2.75, 3.05) is 17.3 Å². The van der Waals surface area contributed by atoms with Crippen LogP contribution < -0.4 is 5.32 Å². The van der Waals surface area contributed by atoms with Crippen molar-refractivity contribution in [1.29, 1.82) is 0 Å². The largest absolute Gasteiger partial charge is 0.355 e. The number of sulfone groups is 2. The van der Waals surface area contributed by atoms with Gasteiger partial charge < -0.3 is 9.84 Å². The Hall–Kier alpha value is -2.20. The number of carbonyl (C=O) groups is 1. The maximum atomic E-state index is 12.2. The Bertz CT molecular complexity index is 1020. The molecule has 1 saturated heterocycles. The first-order valence-corrected chi connectivity index (χ1v) is 11.5. The number of nitrogens with zero attached hydrogens (tertiary/aromatic N) is 1. The van der Waals surface area contributed by atoms with Crippen molar-refractivity contribution in [2.45, 2.75) is 24.3 Å². The quantitative estimate of drug-likeness (QED) is 0.798. The van der Waals surface area contributed by atoms with E-state index in [-0.39, 0.29) is 27.8 Å². The summed E-state index contributed by atoms with van der Waals surface area (Å²) in [5.74, 6) is -0.191. The second kappa shape index (κ2) is 6.84. The average Bonchev–Trinajstić information content (AvgIpc) is 3.22. The molecule has 1 unspecified atom stereocenters. The van der Waals surface area contributed by atoms with E-state index in [9.17, 15) is 21.6 Å². The molecule has 26 heavy (non-hydrogen) atoms. The number of rotatable bonds is 5. The second-order valence-corrected chi connectivity index (χ2v) is 10.6. The standard InChI is InChI=1S/C16H18N2O6S2/c1-2-26(22,23)13-5-3-11(4-6-13)15-9-14(18-24-15)16(19)17-12-7-8-25(20,21)10-12/h3-6,9,12H,2,7-8,10H2,1H3,(H,17,19). The summed E-state index contributed by atoms with van der Waals surface area (Å²) in [7, 11) is -6.37. The molecule has 1 fully saturated rings. The lowest BCUT2D eigenvalue weighted by molar-refractivity contribution is 0.0932. The van der Waals surface area contributed by atoms with Crippen molar-refractivity contribution in [1.82, 2.24) is 10.5 Å². The Morgan fingerprint density at radius 3 is 2.58 bits per heavy atom. The molecule has 1 aromatic heterocycles. The highest BCUT2D eigenvalue weighted by molar-refractivity contribution is 7.91. The van der Waals surface area contributed by atoms with Gasteiger partial charge in [0.05, 0.1) is 22.2 Å². The van der Waals surface area contributed by atoms with Crippen molar-refractivity contribution in [2.24, 2.45) is 0 Å². The monoisotopic (exact) mass is 398 g/mol. The zero-order valence-electron chi connectivity index (χ0n) is 14.0. The van der Waals surface area contributed by atoms with Gasteiger partial charge in [-0.1, -0.05) is 12.1 Å². The smallest absolute Gasteiger partial charge is 0.273 e. The van der Waals surface area contributed by atoms with Gasteiger partial charge in [-0.3, -0.25) is 4.79 Å². The molecule has 3 rings (SSSR count). The topological polar surface area (TPSA) is 123 Å². The molecule has 0 spiro atoms. The van der Waals surface area contributed by atoms with Crippen LogP contribution in [0.3, 0.4) is 0 Å². The summed E-state index contributed by atoms with van der Waals surface area (Å²) in [6.45, 7) is 1.57. The van der Waals surface area contributed by atoms with Crippen molar-refractivity contribution in [3.8, 4) is 11.3 Å². The maximum Gasteiger partial charge on any atom is 0.273 e. The summed E-state index contributed by atoms with van der Waals surface area (Å²) in [5.41, 5.74) is 0.615. The Kier molecular flexibility index (Phi) is 4.89. The van der Waals surface area contributed by atoms with Gasteiger partial charge in [0.25, 0.3) is 5.91 Å². The Morgan fingerprint density at radius 2 is 2.00 bits per heavy atom. The molecule has 1 N–H and O–H groups in total. The Labute approximate surface area is 151 Å². The van der Waals surface area contributed by atoms with Gasteiger partial charge in [0.1, 0.15) is 0 Å². The molecular weight excluding hydrogens is 380 g/mol. The van der Waals surface area contributed by atoms with Crippen LogP contribution in [-0.2, 0) is 19.7 Å². The molecule has 1 aliphatic rings. The van der Waals surface area contributed by atoms with Gasteiger partial charge in [0, 0.05) is 17.7 Å². The van der Waals surface area contributed by atoms with Gasteiger partial charge in [-0.05, 0) is 30.7 Å². The lowest BCUT2D eigenvalue weighted by atomic mass is 10.1. The van der Waals surface area contributed by atoms with Crippen molar-refractivity contribution < 1.29 is 26.2 Å². The zero-order valence-corrected chi connectivity index (χ0v) is 15.6. The van der Waals surface area contributed by atoms with E-state index in [0.29, 0.717) is 17.7 Å². The van der Waals surface area contributed by atoms with Gasteiger partial charge in [-0.15, -0.1) is 0 Å². The van der Waals surface area contributed by atoms with E-state index >= 15 is 0 Å². The van der Waals surface area contributed by atoms with E-state index in [0.717, 1.165) is 0 Å². The molecule has 1 amide bonds. The minimum atomic E-state index is -3.29. The molecule has 2 aromatic rings. The number of hydrogen-bond acceptors (Lipinski definition) is 7. The van der Waals surface area contributed by atoms with E-state index < -0.39 is 31.6 Å². The lowest BCUT2D eigenvalue weighted by Crippen LogP contribution is -2.35. The molecule has 0 bridgehead atoms. The number of benzene rings is 1. The second-order valence-electron chi connectivity index (χ2n) is 6.08. The highest BCUT2D eigenvalue weighted by Crippen LogP contribution is 2.23. The third-order valence-corrected chi connectivity index (χ3v) is 7.71. The van der Waals surface area contributed by atoms with E-state index in [1.54, 1.807) is 19.1 Å². The zero-order chi connectivity index (χ0) is 18.9. The molecular formula is C16H18N2O6S2. The number of amides is 1. The molecule has 8 nitrogen and oxygen atoms in total. The van der Waals surface area contributed by atoms with Gasteiger partial charge in [0.15, 0.2) is 31.1 Å². The minimum absolute atomic E-state index is 0.00978. The highest BCUT2D eigenvalue weighted by Gasteiger charge is 2.29. The highest BCUT2D eigenvalue weighted by atomic mass is 32.2. The van der Waals surface area contributed by atoms with E-state index in [1.165, 1.54) is 18.2 Å². The summed E-state index contributed by atoms with van der Waals surface area (Å²) in [4.78, 5) is 12.4. The molecule has 10 heteroatoms. The van der Waals surface area contributed by atoms with Crippen LogP contribution >= 0.6 is 0 Å². The molecule has 0 saturated carbocycles. The van der Waals surface area contributed by atoms with Gasteiger partial charge in [0.2, 0.25) is 0 Å². The van der Waals surface area contributed by atoms with Crippen molar-refractivity contribution in [3.63, 3.8) is 0 Å². The molecule has 1 aromatic carbocycles. The third-order valence-electron chi connectivity index (χ3n) is 4.19. The van der Waals surface area contributed by atoms with Crippen LogP contribution in [0.2, 0.25) is 0 Å². The third kappa shape index (κ3) is 3.96. The predicted octanol–water partition coefficient (Wildman–Crippen LogP) is 1.05. The summed E-state index contributed by atoms with van der Waals surface area (Å²) in [6, 6.07) is 7.11. The van der Waals surface area contributed by atoms with Crippen LogP contribution in [0.25, 0.3) is 11.3 Å². The van der Waals surface area contributed by atoms with Crippen molar-refractivity contribution in [3.05, 3.63) is 36.0 Å². The molecule has 2 heterocycles. The van der Waals surface area contributed by atoms with Gasteiger partial charge >= 0.3 is 0 Å². The molecule has 0 aliphatic carbocycles. The van der Waals surface area contributed by atoms with Crippen LogP contribution in [0.1, 0.15) is 23.8 Å². The van der Waals surface area contributed by atoms with Crippen LogP contribution in [-0.4, -0.2) is 51.2 Å². The normalized spacial score (nSPS) is 19.3. The van der Waals surface area contributed by atoms with Gasteiger partial charge in [-0.2, -0.15) is 0 Å². The first kappa shape index (κ1) is 18.6. The van der Waals surface area contributed by atoms with E-state index in [1.807, 2.05) is 0 Å². The number of nitrogens with one attached hydrogen (secondary N) is 1. The molecule has 140 valence electrons. The fourth-order valence-corrected chi connectivity index (χ4v) is 5.24. The SMILES string of the molecule is CCS(=O)(=O)c1ccc(-c2cc(C(=O)NC3CCS(=O)(=O)C3)no2)cc1. The van der Waals surface area contributed by atoms with Crippen LogP contribution in [0.15, 0.2) is 39.8 Å². The summed E-state index contributed by atoms with van der Waals surface area (Å²) in [6.07, 6.45) is 0.381. The van der Waals surface area contributed by atoms with Crippen molar-refractivity contribution >= 4 is 25.6 Å². The molecule has 1 aliphatic heterocycles. The lowest BCUT2D eigenvalue weighted by Gasteiger charge is -2.08. The van der Waals surface area contributed by atoms with Crippen LogP contribution in [0.4, 0.5) is 0 Å². The fraction of sp³-hybridized carbons (Fsp3) is 0.375. The Morgan fingerprint density at radius 1 is 1.31 bits per heavy atom. The number of hydrogen-bond donors (Lipinski definition) is 1. The predicted molar refractivity (Wildman–Crippen MR) is 94.2 cm³/mol. The number of aromatic nitrogens is 1. The van der Waals surface area contributed by atoms with E-state index in [2.05, 4.69) is 10.5 Å². The van der Waals surface area contributed by atoms with Gasteiger partial charge in [-0.25, -0.2) is 16.8 Å².